The molecule has 24 heavy (non-hydrogen) atoms. The highest BCUT2D eigenvalue weighted by Crippen LogP contribution is 2.08. The molecule has 0 atom stereocenters. The molecule has 0 aromatic heterocycles. The Kier molecular flexibility index (Phi) is 19.7. The molecule has 0 amide bonds. The Labute approximate surface area is 144 Å². The summed E-state index contributed by atoms with van der Waals surface area (Å²) in [6.45, 7) is 14.9. The first-order chi connectivity index (χ1) is 11.4. The monoisotopic (exact) mass is 346 g/mol. The van der Waals surface area contributed by atoms with E-state index in [0.29, 0.717) is 5.56 Å². The van der Waals surface area contributed by atoms with Gasteiger partial charge in [0.15, 0.2) is 0 Å². The van der Waals surface area contributed by atoms with Gasteiger partial charge in [0.25, 0.3) is 0 Å². The third-order valence-electron chi connectivity index (χ3n) is 2.32. The van der Waals surface area contributed by atoms with Gasteiger partial charge in [0, 0.05) is 5.56 Å². The van der Waals surface area contributed by atoms with Gasteiger partial charge < -0.3 is 0 Å². The van der Waals surface area contributed by atoms with E-state index in [9.17, 15) is 17.6 Å². The lowest BCUT2D eigenvalue weighted by Gasteiger charge is -1.94. The van der Waals surface area contributed by atoms with Gasteiger partial charge in [-0.1, -0.05) is 47.6 Å². The summed E-state index contributed by atoms with van der Waals surface area (Å²) in [7, 11) is 0. The lowest BCUT2D eigenvalue weighted by molar-refractivity contribution is 0.568. The standard InChI is InChI=1S/2C7H6F2.3C2H6/c1-5-4-6(8)2-3-7(5)9;1-5-6(8)3-2-4-7(5)9;3*1-2/h2*2-4H,1H3;3*1-2H3. The molecule has 0 spiro atoms. The lowest BCUT2D eigenvalue weighted by atomic mass is 10.2. The van der Waals surface area contributed by atoms with E-state index in [2.05, 4.69) is 0 Å². The first-order valence-corrected chi connectivity index (χ1v) is 8.24. The van der Waals surface area contributed by atoms with Crippen LogP contribution in [0.15, 0.2) is 36.4 Å². The molecule has 0 radical (unpaired) electrons. The first-order valence-electron chi connectivity index (χ1n) is 8.24. The van der Waals surface area contributed by atoms with Crippen molar-refractivity contribution in [3.63, 3.8) is 0 Å². The molecule has 0 saturated carbocycles. The summed E-state index contributed by atoms with van der Waals surface area (Å²) in [5.41, 5.74) is 0.424. The van der Waals surface area contributed by atoms with Gasteiger partial charge in [-0.05, 0) is 49.7 Å². The summed E-state index contributed by atoms with van der Waals surface area (Å²) < 4.78 is 49.2. The topological polar surface area (TPSA) is 0 Å². The Morgan fingerprint density at radius 3 is 1.29 bits per heavy atom. The molecular formula is C20H30F4. The minimum Gasteiger partial charge on any atom is -0.207 e. The van der Waals surface area contributed by atoms with Crippen LogP contribution in [-0.2, 0) is 0 Å². The summed E-state index contributed by atoms with van der Waals surface area (Å²) in [6.07, 6.45) is 0. The van der Waals surface area contributed by atoms with Gasteiger partial charge in [-0.2, -0.15) is 0 Å². The van der Waals surface area contributed by atoms with E-state index >= 15 is 0 Å². The van der Waals surface area contributed by atoms with Crippen molar-refractivity contribution in [1.29, 1.82) is 0 Å². The van der Waals surface area contributed by atoms with Gasteiger partial charge in [0.1, 0.15) is 23.3 Å². The van der Waals surface area contributed by atoms with Crippen LogP contribution in [0.1, 0.15) is 52.7 Å². The fourth-order valence-corrected chi connectivity index (χ4v) is 1.19. The second kappa shape index (κ2) is 17.5. The van der Waals surface area contributed by atoms with E-state index < -0.39 is 17.5 Å². The Bertz CT molecular complexity index is 517. The van der Waals surface area contributed by atoms with E-state index in [0.717, 1.165) is 18.2 Å². The molecule has 2 aromatic carbocycles. The number of aryl methyl sites for hydroxylation is 1. The first kappa shape index (κ1) is 27.0. The van der Waals surface area contributed by atoms with Crippen molar-refractivity contribution in [2.24, 2.45) is 0 Å². The molecule has 2 rings (SSSR count). The maximum atomic E-state index is 12.3. The van der Waals surface area contributed by atoms with Gasteiger partial charge in [0.2, 0.25) is 0 Å². The molecule has 0 aliphatic heterocycles. The van der Waals surface area contributed by atoms with Crippen molar-refractivity contribution in [2.75, 3.05) is 0 Å². The summed E-state index contributed by atoms with van der Waals surface area (Å²) >= 11 is 0. The molecular weight excluding hydrogens is 316 g/mol. The molecule has 2 aromatic rings. The Balaban J connectivity index is -0.000000281. The highest BCUT2D eigenvalue weighted by atomic mass is 19.1. The fraction of sp³-hybridized carbons (Fsp3) is 0.400. The van der Waals surface area contributed by atoms with E-state index in [1.54, 1.807) is 0 Å². The number of benzene rings is 2. The summed E-state index contributed by atoms with van der Waals surface area (Å²) in [5.74, 6) is -1.74. The van der Waals surface area contributed by atoms with Crippen molar-refractivity contribution in [1.82, 2.24) is 0 Å². The number of hydrogen-bond acceptors (Lipinski definition) is 0. The molecule has 0 aliphatic rings. The molecule has 138 valence electrons. The van der Waals surface area contributed by atoms with Crippen LogP contribution in [0.5, 0.6) is 0 Å². The second-order valence-electron chi connectivity index (χ2n) is 3.74. The zero-order chi connectivity index (χ0) is 19.7. The largest absolute Gasteiger partial charge is 0.207 e. The predicted octanol–water partition coefficient (Wildman–Crippen LogP) is 7.63. The van der Waals surface area contributed by atoms with Crippen molar-refractivity contribution >= 4 is 0 Å². The third kappa shape index (κ3) is 11.7. The van der Waals surface area contributed by atoms with Gasteiger partial charge in [-0.3, -0.25) is 0 Å². The molecule has 4 heteroatoms. The highest BCUT2D eigenvalue weighted by molar-refractivity contribution is 5.17. The van der Waals surface area contributed by atoms with Crippen LogP contribution < -0.4 is 0 Å². The molecule has 0 aliphatic carbocycles. The molecule has 0 nitrogen and oxygen atoms in total. The minimum absolute atomic E-state index is 0.0810. The van der Waals surface area contributed by atoms with Crippen molar-refractivity contribution in [3.05, 3.63) is 70.8 Å². The normalized spacial score (nSPS) is 8.00. The van der Waals surface area contributed by atoms with Crippen LogP contribution in [-0.4, -0.2) is 0 Å². The van der Waals surface area contributed by atoms with Crippen molar-refractivity contribution in [3.8, 4) is 0 Å². The van der Waals surface area contributed by atoms with Crippen LogP contribution >= 0.6 is 0 Å². The summed E-state index contributed by atoms with van der Waals surface area (Å²) in [5, 5.41) is 0. The molecule has 0 saturated heterocycles. The molecule has 0 unspecified atom stereocenters. The van der Waals surface area contributed by atoms with Gasteiger partial charge in [0.05, 0.1) is 0 Å². The van der Waals surface area contributed by atoms with Crippen molar-refractivity contribution in [2.45, 2.75) is 55.4 Å². The number of hydrogen-bond donors (Lipinski definition) is 0. The average molecular weight is 346 g/mol. The Hall–Kier alpha value is -1.84. The molecule has 0 fully saturated rings. The molecule has 0 N–H and O–H groups in total. The number of halogens is 4. The van der Waals surface area contributed by atoms with Gasteiger partial charge >= 0.3 is 0 Å². The van der Waals surface area contributed by atoms with E-state index in [1.165, 1.54) is 32.0 Å². The third-order valence-corrected chi connectivity index (χ3v) is 2.32. The zero-order valence-electron chi connectivity index (χ0n) is 16.0. The predicted molar refractivity (Wildman–Crippen MR) is 96.2 cm³/mol. The number of rotatable bonds is 0. The van der Waals surface area contributed by atoms with Crippen molar-refractivity contribution < 1.29 is 17.6 Å². The average Bonchev–Trinajstić information content (AvgIpc) is 2.62. The highest BCUT2D eigenvalue weighted by Gasteiger charge is 1.99. The smallest absolute Gasteiger partial charge is 0.129 e. The fourth-order valence-electron chi connectivity index (χ4n) is 1.19. The minimum atomic E-state index is -0.491. The quantitative estimate of drug-likeness (QED) is 0.430. The van der Waals surface area contributed by atoms with Crippen LogP contribution in [0.3, 0.4) is 0 Å². The van der Waals surface area contributed by atoms with Crippen LogP contribution in [0.2, 0.25) is 0 Å². The Morgan fingerprint density at radius 1 is 0.583 bits per heavy atom. The summed E-state index contributed by atoms with van der Waals surface area (Å²) in [4.78, 5) is 0. The van der Waals surface area contributed by atoms with E-state index in [-0.39, 0.29) is 11.4 Å². The molecule has 0 bridgehead atoms. The molecule has 0 heterocycles. The SMILES string of the molecule is CC.CC.CC.Cc1c(F)cccc1F.Cc1cc(F)ccc1F. The van der Waals surface area contributed by atoms with Crippen LogP contribution in [0, 0.1) is 37.1 Å². The van der Waals surface area contributed by atoms with Crippen LogP contribution in [0.4, 0.5) is 17.6 Å². The lowest BCUT2D eigenvalue weighted by Crippen LogP contribution is -1.85. The summed E-state index contributed by atoms with van der Waals surface area (Å²) in [6, 6.07) is 7.19. The van der Waals surface area contributed by atoms with E-state index in [1.807, 2.05) is 41.5 Å². The Morgan fingerprint density at radius 2 is 1.00 bits per heavy atom. The maximum Gasteiger partial charge on any atom is 0.129 e. The van der Waals surface area contributed by atoms with Gasteiger partial charge in [-0.15, -0.1) is 0 Å². The van der Waals surface area contributed by atoms with Gasteiger partial charge in [-0.25, -0.2) is 17.6 Å². The van der Waals surface area contributed by atoms with E-state index in [4.69, 9.17) is 0 Å². The zero-order valence-corrected chi connectivity index (χ0v) is 16.0. The maximum absolute atomic E-state index is 12.3. The second-order valence-corrected chi connectivity index (χ2v) is 3.74. The van der Waals surface area contributed by atoms with Crippen LogP contribution in [0.25, 0.3) is 0 Å².